The highest BCUT2D eigenvalue weighted by Gasteiger charge is 2.19. The first kappa shape index (κ1) is 26.2. The first-order valence-corrected chi connectivity index (χ1v) is 13.7. The molecule has 9 nitrogen and oxygen atoms in total. The Hall–Kier alpha value is -5.02. The summed E-state index contributed by atoms with van der Waals surface area (Å²) in [5, 5.41) is 9.68. The third-order valence-corrected chi connectivity index (χ3v) is 7.20. The van der Waals surface area contributed by atoms with Crippen molar-refractivity contribution in [2.24, 2.45) is 5.10 Å². The molecule has 0 spiro atoms. The SMILES string of the molecule is O=C(CCN1CCN(c2ccccc2)CC1)N/N=C/c1cn(-c2ccccc2)nc1-c1cc2ccccc2oc1=O. The van der Waals surface area contributed by atoms with Gasteiger partial charge in [-0.3, -0.25) is 9.69 Å². The number of carbonyl (C=O) groups is 1. The van der Waals surface area contributed by atoms with Crippen LogP contribution in [0.25, 0.3) is 27.9 Å². The van der Waals surface area contributed by atoms with Crippen molar-refractivity contribution < 1.29 is 9.21 Å². The van der Waals surface area contributed by atoms with Crippen molar-refractivity contribution in [2.45, 2.75) is 6.42 Å². The molecule has 206 valence electrons. The zero-order valence-electron chi connectivity index (χ0n) is 22.5. The number of carbonyl (C=O) groups excluding carboxylic acids is 1. The van der Waals surface area contributed by atoms with Gasteiger partial charge < -0.3 is 9.32 Å². The van der Waals surface area contributed by atoms with E-state index in [0.29, 0.717) is 35.4 Å². The van der Waals surface area contributed by atoms with Gasteiger partial charge in [0.15, 0.2) is 0 Å². The van der Waals surface area contributed by atoms with Crippen LogP contribution in [0.15, 0.2) is 112 Å². The molecule has 0 saturated carbocycles. The van der Waals surface area contributed by atoms with Crippen LogP contribution in [0.5, 0.6) is 0 Å². The van der Waals surface area contributed by atoms with Crippen LogP contribution in [0, 0.1) is 0 Å². The summed E-state index contributed by atoms with van der Waals surface area (Å²) >= 11 is 0. The first-order chi connectivity index (χ1) is 20.1. The molecule has 0 aliphatic carbocycles. The summed E-state index contributed by atoms with van der Waals surface area (Å²) in [6.07, 6.45) is 3.64. The summed E-state index contributed by atoms with van der Waals surface area (Å²) in [6, 6.07) is 29.1. The van der Waals surface area contributed by atoms with Gasteiger partial charge in [0.05, 0.1) is 17.5 Å². The molecule has 0 bridgehead atoms. The number of amides is 1. The van der Waals surface area contributed by atoms with Gasteiger partial charge in [0.2, 0.25) is 5.91 Å². The second kappa shape index (κ2) is 12.0. The zero-order chi connectivity index (χ0) is 28.0. The molecule has 0 unspecified atom stereocenters. The predicted molar refractivity (Wildman–Crippen MR) is 160 cm³/mol. The van der Waals surface area contributed by atoms with Crippen molar-refractivity contribution in [3.05, 3.63) is 113 Å². The lowest BCUT2D eigenvalue weighted by molar-refractivity contribution is -0.121. The molecular weight excluding hydrogens is 516 g/mol. The smallest absolute Gasteiger partial charge is 0.345 e. The number of piperazine rings is 1. The highest BCUT2D eigenvalue weighted by atomic mass is 16.4. The maximum absolute atomic E-state index is 12.9. The number of hydrazone groups is 1. The second-order valence-electron chi connectivity index (χ2n) is 9.91. The third-order valence-electron chi connectivity index (χ3n) is 7.20. The summed E-state index contributed by atoms with van der Waals surface area (Å²) < 4.78 is 7.24. The van der Waals surface area contributed by atoms with Gasteiger partial charge in [-0.15, -0.1) is 0 Å². The van der Waals surface area contributed by atoms with Gasteiger partial charge in [0.1, 0.15) is 11.3 Å². The highest BCUT2D eigenvalue weighted by molar-refractivity contribution is 5.91. The Morgan fingerprint density at radius 1 is 0.902 bits per heavy atom. The van der Waals surface area contributed by atoms with Gasteiger partial charge in [-0.05, 0) is 36.4 Å². The molecule has 5 aromatic rings. The molecule has 1 aliphatic rings. The largest absolute Gasteiger partial charge is 0.422 e. The van der Waals surface area contributed by atoms with E-state index in [2.05, 4.69) is 49.7 Å². The van der Waals surface area contributed by atoms with Gasteiger partial charge in [-0.2, -0.15) is 10.2 Å². The first-order valence-electron chi connectivity index (χ1n) is 13.7. The molecule has 1 amide bonds. The molecule has 1 fully saturated rings. The number of nitrogens with zero attached hydrogens (tertiary/aromatic N) is 5. The average molecular weight is 547 g/mol. The monoisotopic (exact) mass is 546 g/mol. The topological polar surface area (TPSA) is 96.0 Å². The van der Waals surface area contributed by atoms with Crippen LogP contribution < -0.4 is 16.0 Å². The minimum absolute atomic E-state index is 0.172. The molecule has 1 N–H and O–H groups in total. The molecule has 9 heteroatoms. The quantitative estimate of drug-likeness (QED) is 0.177. The predicted octanol–water partition coefficient (Wildman–Crippen LogP) is 4.31. The number of hydrogen-bond acceptors (Lipinski definition) is 7. The van der Waals surface area contributed by atoms with Crippen molar-refractivity contribution in [2.75, 3.05) is 37.6 Å². The number of nitrogens with one attached hydrogen (secondary N) is 1. The van der Waals surface area contributed by atoms with Gasteiger partial charge in [0.25, 0.3) is 0 Å². The second-order valence-corrected chi connectivity index (χ2v) is 9.91. The van der Waals surface area contributed by atoms with Crippen molar-refractivity contribution in [3.8, 4) is 16.9 Å². The fraction of sp³-hybridized carbons (Fsp3) is 0.188. The molecule has 0 atom stereocenters. The van der Waals surface area contributed by atoms with E-state index >= 15 is 0 Å². The molecule has 6 rings (SSSR count). The van der Waals surface area contributed by atoms with Crippen LogP contribution in [-0.4, -0.2) is 59.5 Å². The molecule has 3 aromatic carbocycles. The molecule has 1 aliphatic heterocycles. The van der Waals surface area contributed by atoms with E-state index < -0.39 is 5.63 Å². The van der Waals surface area contributed by atoms with Crippen LogP contribution in [0.2, 0.25) is 0 Å². The van der Waals surface area contributed by atoms with Crippen molar-refractivity contribution in [1.82, 2.24) is 20.1 Å². The lowest BCUT2D eigenvalue weighted by Gasteiger charge is -2.36. The zero-order valence-corrected chi connectivity index (χ0v) is 22.5. The van der Waals surface area contributed by atoms with E-state index in [9.17, 15) is 9.59 Å². The summed E-state index contributed by atoms with van der Waals surface area (Å²) in [6.45, 7) is 4.34. The summed E-state index contributed by atoms with van der Waals surface area (Å²) in [5.74, 6) is -0.172. The van der Waals surface area contributed by atoms with E-state index in [0.717, 1.165) is 37.3 Å². The van der Waals surface area contributed by atoms with E-state index in [1.165, 1.54) is 11.9 Å². The van der Waals surface area contributed by atoms with Gasteiger partial charge in [-0.1, -0.05) is 54.6 Å². The number of para-hydroxylation sites is 3. The summed E-state index contributed by atoms with van der Waals surface area (Å²) in [4.78, 5) is 30.2. The Morgan fingerprint density at radius 2 is 1.59 bits per heavy atom. The lowest BCUT2D eigenvalue weighted by Crippen LogP contribution is -2.47. The number of hydrogen-bond donors (Lipinski definition) is 1. The van der Waals surface area contributed by atoms with Gasteiger partial charge in [0, 0.05) is 62.0 Å². The van der Waals surface area contributed by atoms with Gasteiger partial charge in [-0.25, -0.2) is 14.9 Å². The molecule has 1 saturated heterocycles. The van der Waals surface area contributed by atoms with Gasteiger partial charge >= 0.3 is 5.63 Å². The van der Waals surface area contributed by atoms with Crippen LogP contribution in [-0.2, 0) is 4.79 Å². The third kappa shape index (κ3) is 6.10. The van der Waals surface area contributed by atoms with Crippen LogP contribution >= 0.6 is 0 Å². The van der Waals surface area contributed by atoms with Crippen molar-refractivity contribution in [3.63, 3.8) is 0 Å². The minimum atomic E-state index is -0.493. The van der Waals surface area contributed by atoms with E-state index in [1.54, 1.807) is 23.0 Å². The Labute approximate surface area is 237 Å². The number of benzene rings is 3. The van der Waals surface area contributed by atoms with Crippen molar-refractivity contribution in [1.29, 1.82) is 0 Å². The maximum Gasteiger partial charge on any atom is 0.345 e. The number of rotatable bonds is 8. The van der Waals surface area contributed by atoms with Crippen LogP contribution in [0.4, 0.5) is 5.69 Å². The Balaban J connectivity index is 1.13. The summed E-state index contributed by atoms with van der Waals surface area (Å²) in [5.41, 5.74) is 6.02. The Kier molecular flexibility index (Phi) is 7.68. The standard InChI is InChI=1S/C32H30N6O3/c39-30(15-16-36-17-19-37(20-18-36)26-10-3-1-4-11-26)34-33-22-25-23-38(27-12-5-2-6-13-27)35-31(25)28-21-24-9-7-8-14-29(24)41-32(28)40/h1-14,21-23H,15-20H2,(H,34,39)/b33-22+. The molecule has 0 radical (unpaired) electrons. The van der Waals surface area contributed by atoms with E-state index in [4.69, 9.17) is 4.42 Å². The normalized spacial score (nSPS) is 14.1. The average Bonchev–Trinajstić information content (AvgIpc) is 3.44. The van der Waals surface area contributed by atoms with Crippen LogP contribution in [0.3, 0.4) is 0 Å². The Morgan fingerprint density at radius 3 is 2.34 bits per heavy atom. The fourth-order valence-corrected chi connectivity index (χ4v) is 4.99. The number of aromatic nitrogens is 2. The fourth-order valence-electron chi connectivity index (χ4n) is 4.99. The lowest BCUT2D eigenvalue weighted by atomic mass is 10.1. The Bertz CT molecular complexity index is 1720. The van der Waals surface area contributed by atoms with E-state index in [-0.39, 0.29) is 5.91 Å². The molecule has 3 heterocycles. The molecular formula is C32H30N6O3. The summed E-state index contributed by atoms with van der Waals surface area (Å²) in [7, 11) is 0. The molecule has 41 heavy (non-hydrogen) atoms. The minimum Gasteiger partial charge on any atom is -0.422 e. The number of anilines is 1. The maximum atomic E-state index is 12.9. The molecule has 2 aromatic heterocycles. The van der Waals surface area contributed by atoms with Crippen molar-refractivity contribution >= 4 is 28.8 Å². The van der Waals surface area contributed by atoms with Crippen LogP contribution in [0.1, 0.15) is 12.0 Å². The number of fused-ring (bicyclic) bond motifs is 1. The highest BCUT2D eigenvalue weighted by Crippen LogP contribution is 2.24. The van der Waals surface area contributed by atoms with E-state index in [1.807, 2.05) is 54.6 Å².